The highest BCUT2D eigenvalue weighted by molar-refractivity contribution is 7.99. The Labute approximate surface area is 143 Å². The van der Waals surface area contributed by atoms with E-state index < -0.39 is 43.1 Å². The van der Waals surface area contributed by atoms with Crippen LogP contribution < -0.4 is 5.32 Å². The summed E-state index contributed by atoms with van der Waals surface area (Å²) in [4.78, 5) is 24.3. The number of nitrogens with zero attached hydrogens (tertiary/aromatic N) is 1. The van der Waals surface area contributed by atoms with Gasteiger partial charge in [-0.25, -0.2) is 4.79 Å². The van der Waals surface area contributed by atoms with E-state index in [4.69, 9.17) is 5.11 Å². The standard InChI is InChI=1S/C15H23F3N2O3S/c1-2-24-10-5-3-4-9(6-10)19-14(23)20-7-11(13(21)22)12(8-20)15(16,17)18/h9-12H,2-8H2,1H3,(H,19,23)(H,21,22)/t9?,10?,11-,12-/m1/s1. The zero-order valence-electron chi connectivity index (χ0n) is 13.5. The lowest BCUT2D eigenvalue weighted by molar-refractivity contribution is -0.187. The number of nitrogens with one attached hydrogen (secondary N) is 1. The normalized spacial score (nSPS) is 31.1. The van der Waals surface area contributed by atoms with E-state index in [0.717, 1.165) is 36.3 Å². The number of alkyl halides is 3. The number of aliphatic carboxylic acids is 1. The third-order valence-corrected chi connectivity index (χ3v) is 5.93. The topological polar surface area (TPSA) is 69.6 Å². The molecule has 2 N–H and O–H groups in total. The number of hydrogen-bond donors (Lipinski definition) is 2. The molecule has 0 aromatic carbocycles. The molecular formula is C15H23F3N2O3S. The Morgan fingerprint density at radius 1 is 1.29 bits per heavy atom. The van der Waals surface area contributed by atoms with Gasteiger partial charge in [0.25, 0.3) is 0 Å². The van der Waals surface area contributed by atoms with Crippen molar-refractivity contribution in [3.8, 4) is 0 Å². The van der Waals surface area contributed by atoms with Crippen molar-refractivity contribution >= 4 is 23.8 Å². The van der Waals surface area contributed by atoms with Crippen LogP contribution in [0.5, 0.6) is 0 Å². The molecule has 1 saturated heterocycles. The van der Waals surface area contributed by atoms with Gasteiger partial charge in [-0.3, -0.25) is 4.79 Å². The maximum Gasteiger partial charge on any atom is 0.394 e. The zero-order chi connectivity index (χ0) is 17.9. The molecule has 24 heavy (non-hydrogen) atoms. The number of carbonyl (C=O) groups excluding carboxylic acids is 1. The highest BCUT2D eigenvalue weighted by atomic mass is 32.2. The lowest BCUT2D eigenvalue weighted by Crippen LogP contribution is -2.46. The Morgan fingerprint density at radius 2 is 2.00 bits per heavy atom. The van der Waals surface area contributed by atoms with E-state index in [0.29, 0.717) is 5.25 Å². The van der Waals surface area contributed by atoms with Gasteiger partial charge in [0.15, 0.2) is 0 Å². The van der Waals surface area contributed by atoms with E-state index in [1.165, 1.54) is 0 Å². The van der Waals surface area contributed by atoms with Crippen LogP contribution in [0.4, 0.5) is 18.0 Å². The second-order valence-electron chi connectivity index (χ2n) is 6.39. The monoisotopic (exact) mass is 368 g/mol. The van der Waals surface area contributed by atoms with Crippen molar-refractivity contribution in [3.05, 3.63) is 0 Å². The number of halogens is 3. The number of rotatable bonds is 4. The molecule has 0 radical (unpaired) electrons. The second-order valence-corrected chi connectivity index (χ2v) is 7.97. The first-order chi connectivity index (χ1) is 11.2. The number of likely N-dealkylation sites (tertiary alicyclic amines) is 1. The van der Waals surface area contributed by atoms with Crippen LogP contribution in [0.2, 0.25) is 0 Å². The predicted octanol–water partition coefficient (Wildman–Crippen LogP) is 2.96. The van der Waals surface area contributed by atoms with E-state index in [1.54, 1.807) is 0 Å². The number of hydrogen-bond acceptors (Lipinski definition) is 3. The van der Waals surface area contributed by atoms with Crippen molar-refractivity contribution in [2.75, 3.05) is 18.8 Å². The third-order valence-electron chi connectivity index (χ3n) is 4.70. The lowest BCUT2D eigenvalue weighted by atomic mass is 9.95. The van der Waals surface area contributed by atoms with Crippen molar-refractivity contribution in [2.24, 2.45) is 11.8 Å². The van der Waals surface area contributed by atoms with Gasteiger partial charge in [-0.1, -0.05) is 13.3 Å². The summed E-state index contributed by atoms with van der Waals surface area (Å²) < 4.78 is 38.9. The summed E-state index contributed by atoms with van der Waals surface area (Å²) in [5.41, 5.74) is 0. The van der Waals surface area contributed by atoms with E-state index in [9.17, 15) is 22.8 Å². The maximum atomic E-state index is 13.0. The highest BCUT2D eigenvalue weighted by Gasteiger charge is 2.53. The quantitative estimate of drug-likeness (QED) is 0.800. The third kappa shape index (κ3) is 4.70. The van der Waals surface area contributed by atoms with Crippen LogP contribution >= 0.6 is 11.8 Å². The Hall–Kier alpha value is -1.12. The molecule has 1 aliphatic carbocycles. The summed E-state index contributed by atoms with van der Waals surface area (Å²) >= 11 is 1.83. The molecular weight excluding hydrogens is 345 g/mol. The molecule has 2 unspecified atom stereocenters. The van der Waals surface area contributed by atoms with E-state index in [2.05, 4.69) is 12.2 Å². The molecule has 1 saturated carbocycles. The second kappa shape index (κ2) is 7.84. The van der Waals surface area contributed by atoms with Gasteiger partial charge in [-0.05, 0) is 25.0 Å². The minimum absolute atomic E-state index is 0.0523. The molecule has 2 amide bonds. The van der Waals surface area contributed by atoms with Crippen LogP contribution in [-0.2, 0) is 4.79 Å². The molecule has 2 aliphatic rings. The van der Waals surface area contributed by atoms with Gasteiger partial charge in [0.05, 0.1) is 11.8 Å². The van der Waals surface area contributed by atoms with Gasteiger partial charge in [-0.2, -0.15) is 24.9 Å². The van der Waals surface area contributed by atoms with Crippen molar-refractivity contribution in [3.63, 3.8) is 0 Å². The van der Waals surface area contributed by atoms with Crippen LogP contribution in [0.15, 0.2) is 0 Å². The molecule has 1 aliphatic heterocycles. The van der Waals surface area contributed by atoms with Gasteiger partial charge in [0, 0.05) is 24.4 Å². The van der Waals surface area contributed by atoms with Crippen LogP contribution in [0.25, 0.3) is 0 Å². The Kier molecular flexibility index (Phi) is 6.28. The smallest absolute Gasteiger partial charge is 0.394 e. The molecule has 138 valence electrons. The Bertz CT molecular complexity index is 473. The first kappa shape index (κ1) is 19.2. The van der Waals surface area contributed by atoms with Crippen LogP contribution in [0.1, 0.15) is 32.6 Å². The molecule has 0 aromatic rings. The van der Waals surface area contributed by atoms with Gasteiger partial charge in [-0.15, -0.1) is 0 Å². The van der Waals surface area contributed by atoms with E-state index in [1.807, 2.05) is 11.8 Å². The summed E-state index contributed by atoms with van der Waals surface area (Å²) in [6.07, 6.45) is -0.933. The predicted molar refractivity (Wildman–Crippen MR) is 85.0 cm³/mol. The molecule has 1 heterocycles. The minimum Gasteiger partial charge on any atom is -0.481 e. The Morgan fingerprint density at radius 3 is 2.54 bits per heavy atom. The maximum absolute atomic E-state index is 13.0. The van der Waals surface area contributed by atoms with Crippen LogP contribution in [0.3, 0.4) is 0 Å². The van der Waals surface area contributed by atoms with Crippen LogP contribution in [-0.4, -0.2) is 58.3 Å². The van der Waals surface area contributed by atoms with E-state index >= 15 is 0 Å². The summed E-state index contributed by atoms with van der Waals surface area (Å²) in [5, 5.41) is 12.3. The summed E-state index contributed by atoms with van der Waals surface area (Å²) in [5.74, 6) is -4.11. The molecule has 2 rings (SSSR count). The van der Waals surface area contributed by atoms with Crippen LogP contribution in [0, 0.1) is 11.8 Å². The summed E-state index contributed by atoms with van der Waals surface area (Å²) in [6.45, 7) is 1.08. The average molecular weight is 368 g/mol. The molecule has 2 fully saturated rings. The number of amides is 2. The van der Waals surface area contributed by atoms with Gasteiger partial charge in [0.2, 0.25) is 0 Å². The summed E-state index contributed by atoms with van der Waals surface area (Å²) in [7, 11) is 0. The number of carboxylic acids is 1. The van der Waals surface area contributed by atoms with Crippen molar-refractivity contribution in [2.45, 2.75) is 50.1 Å². The largest absolute Gasteiger partial charge is 0.481 e. The first-order valence-corrected chi connectivity index (χ1v) is 9.23. The fraction of sp³-hybridized carbons (Fsp3) is 0.867. The Balaban J connectivity index is 1.94. The number of thioether (sulfide) groups is 1. The molecule has 0 spiro atoms. The molecule has 9 heteroatoms. The minimum atomic E-state index is -4.62. The molecule has 5 nitrogen and oxygen atoms in total. The number of carboxylic acid groups (broad SMARTS) is 1. The highest BCUT2D eigenvalue weighted by Crippen LogP contribution is 2.38. The number of carbonyl (C=O) groups is 2. The van der Waals surface area contributed by atoms with Gasteiger partial charge >= 0.3 is 18.2 Å². The lowest BCUT2D eigenvalue weighted by Gasteiger charge is -2.30. The van der Waals surface area contributed by atoms with Gasteiger partial charge in [0.1, 0.15) is 0 Å². The fourth-order valence-corrected chi connectivity index (χ4v) is 4.65. The molecule has 0 bridgehead atoms. The van der Waals surface area contributed by atoms with Crippen molar-refractivity contribution in [1.82, 2.24) is 10.2 Å². The average Bonchev–Trinajstić information content (AvgIpc) is 2.93. The van der Waals surface area contributed by atoms with E-state index in [-0.39, 0.29) is 6.04 Å². The molecule has 0 aromatic heterocycles. The zero-order valence-corrected chi connectivity index (χ0v) is 14.3. The number of urea groups is 1. The van der Waals surface area contributed by atoms with Gasteiger partial charge < -0.3 is 15.3 Å². The van der Waals surface area contributed by atoms with Crippen molar-refractivity contribution in [1.29, 1.82) is 0 Å². The fourth-order valence-electron chi connectivity index (χ4n) is 3.48. The molecule has 4 atom stereocenters. The summed E-state index contributed by atoms with van der Waals surface area (Å²) in [6, 6.07) is -0.635. The SMILES string of the molecule is CCSC1CCCC(NC(=O)N2C[C@@H](C(F)(F)F)[C@H](C(=O)O)C2)C1. The first-order valence-electron chi connectivity index (χ1n) is 8.19. The van der Waals surface area contributed by atoms with Crippen molar-refractivity contribution < 1.29 is 27.9 Å².